The quantitative estimate of drug-likeness (QED) is 0.836. The number of rotatable bonds is 3. The van der Waals surface area contributed by atoms with Gasteiger partial charge in [0.15, 0.2) is 0 Å². The first-order chi connectivity index (χ1) is 11.1. The van der Waals surface area contributed by atoms with Crippen molar-refractivity contribution in [1.82, 2.24) is 15.1 Å². The summed E-state index contributed by atoms with van der Waals surface area (Å²) in [7, 11) is 0. The fraction of sp³-hybridized carbons (Fsp3) is 0.882. The van der Waals surface area contributed by atoms with Gasteiger partial charge in [-0.2, -0.15) is 0 Å². The van der Waals surface area contributed by atoms with Crippen molar-refractivity contribution in [2.45, 2.75) is 58.2 Å². The SMILES string of the molecule is CC(C)NC(=O)[C@@]1(N2CCN(C(=O)OC(C)(C)C)CC2)CCOC1. The lowest BCUT2D eigenvalue weighted by atomic mass is 9.93. The van der Waals surface area contributed by atoms with Gasteiger partial charge in [-0.3, -0.25) is 9.69 Å². The van der Waals surface area contributed by atoms with Gasteiger partial charge in [0.1, 0.15) is 11.1 Å². The number of ether oxygens (including phenoxy) is 2. The highest BCUT2D eigenvalue weighted by molar-refractivity contribution is 5.87. The fourth-order valence-electron chi connectivity index (χ4n) is 3.17. The summed E-state index contributed by atoms with van der Waals surface area (Å²) in [6.45, 7) is 12.9. The van der Waals surface area contributed by atoms with E-state index in [2.05, 4.69) is 10.2 Å². The predicted octanol–water partition coefficient (Wildman–Crippen LogP) is 1.22. The van der Waals surface area contributed by atoms with E-state index in [1.165, 1.54) is 0 Å². The molecule has 0 aromatic heterocycles. The number of hydrogen-bond donors (Lipinski definition) is 1. The number of hydrogen-bond acceptors (Lipinski definition) is 5. The second kappa shape index (κ2) is 7.27. The number of nitrogens with one attached hydrogen (secondary N) is 1. The Kier molecular flexibility index (Phi) is 5.75. The van der Waals surface area contributed by atoms with Gasteiger partial charge in [0.2, 0.25) is 5.91 Å². The van der Waals surface area contributed by atoms with Crippen LogP contribution in [0.2, 0.25) is 0 Å². The van der Waals surface area contributed by atoms with Crippen LogP contribution in [-0.2, 0) is 14.3 Å². The molecular formula is C17H31N3O4. The van der Waals surface area contributed by atoms with Gasteiger partial charge >= 0.3 is 6.09 Å². The van der Waals surface area contributed by atoms with Gasteiger partial charge < -0.3 is 19.7 Å². The molecule has 0 aromatic carbocycles. The molecule has 0 spiro atoms. The monoisotopic (exact) mass is 341 g/mol. The second-order valence-electron chi connectivity index (χ2n) is 7.92. The molecular weight excluding hydrogens is 310 g/mol. The third kappa shape index (κ3) is 4.39. The predicted molar refractivity (Wildman–Crippen MR) is 90.8 cm³/mol. The molecule has 0 saturated carbocycles. The van der Waals surface area contributed by atoms with E-state index in [4.69, 9.17) is 9.47 Å². The molecule has 7 nitrogen and oxygen atoms in total. The number of nitrogens with zero attached hydrogens (tertiary/aromatic N) is 2. The molecule has 0 aromatic rings. The van der Waals surface area contributed by atoms with Crippen LogP contribution in [0.15, 0.2) is 0 Å². The Morgan fingerprint density at radius 1 is 1.17 bits per heavy atom. The zero-order chi connectivity index (χ0) is 18.0. The molecule has 2 fully saturated rings. The van der Waals surface area contributed by atoms with Crippen molar-refractivity contribution in [2.75, 3.05) is 39.4 Å². The van der Waals surface area contributed by atoms with Gasteiger partial charge in [0.05, 0.1) is 6.61 Å². The minimum Gasteiger partial charge on any atom is -0.444 e. The molecule has 2 rings (SSSR count). The van der Waals surface area contributed by atoms with Crippen molar-refractivity contribution in [2.24, 2.45) is 0 Å². The standard InChI is InChI=1S/C17H31N3O4/c1-13(2)18-14(21)17(6-11-23-12-17)20-9-7-19(8-10-20)15(22)24-16(3,4)5/h13H,6-12H2,1-5H3,(H,18,21)/t17-/m1/s1. The van der Waals surface area contributed by atoms with Crippen molar-refractivity contribution < 1.29 is 19.1 Å². The Balaban J connectivity index is 1.98. The Bertz CT molecular complexity index is 459. The van der Waals surface area contributed by atoms with E-state index in [0.717, 1.165) is 0 Å². The minimum absolute atomic E-state index is 0.0284. The fourth-order valence-corrected chi connectivity index (χ4v) is 3.17. The topological polar surface area (TPSA) is 71.1 Å². The normalized spacial score (nSPS) is 25.8. The average molecular weight is 341 g/mol. The van der Waals surface area contributed by atoms with E-state index >= 15 is 0 Å². The smallest absolute Gasteiger partial charge is 0.410 e. The molecule has 138 valence electrons. The van der Waals surface area contributed by atoms with Gasteiger partial charge in [-0.15, -0.1) is 0 Å². The highest BCUT2D eigenvalue weighted by Crippen LogP contribution is 2.28. The molecule has 0 radical (unpaired) electrons. The largest absolute Gasteiger partial charge is 0.444 e. The van der Waals surface area contributed by atoms with Crippen LogP contribution in [0.25, 0.3) is 0 Å². The maximum absolute atomic E-state index is 12.7. The molecule has 1 N–H and O–H groups in total. The van der Waals surface area contributed by atoms with Crippen molar-refractivity contribution in [3.05, 3.63) is 0 Å². The zero-order valence-electron chi connectivity index (χ0n) is 15.6. The lowest BCUT2D eigenvalue weighted by Gasteiger charge is -2.44. The van der Waals surface area contributed by atoms with E-state index in [-0.39, 0.29) is 18.0 Å². The van der Waals surface area contributed by atoms with E-state index < -0.39 is 11.1 Å². The maximum atomic E-state index is 12.7. The van der Waals surface area contributed by atoms with Crippen LogP contribution in [-0.4, -0.2) is 78.4 Å². The second-order valence-corrected chi connectivity index (χ2v) is 7.92. The first kappa shape index (κ1) is 19.0. The molecule has 1 atom stereocenters. The van der Waals surface area contributed by atoms with Crippen LogP contribution in [0.1, 0.15) is 41.0 Å². The summed E-state index contributed by atoms with van der Waals surface area (Å²) in [6, 6.07) is 0.0954. The third-order valence-electron chi connectivity index (χ3n) is 4.38. The maximum Gasteiger partial charge on any atom is 0.410 e. The summed E-state index contributed by atoms with van der Waals surface area (Å²) in [4.78, 5) is 28.8. The van der Waals surface area contributed by atoms with Crippen LogP contribution >= 0.6 is 0 Å². The Morgan fingerprint density at radius 3 is 2.25 bits per heavy atom. The van der Waals surface area contributed by atoms with E-state index in [1.54, 1.807) is 4.90 Å². The Hall–Kier alpha value is -1.34. The van der Waals surface area contributed by atoms with Crippen LogP contribution in [0.4, 0.5) is 4.79 Å². The first-order valence-corrected chi connectivity index (χ1v) is 8.76. The van der Waals surface area contributed by atoms with Crippen LogP contribution < -0.4 is 5.32 Å². The summed E-state index contributed by atoms with van der Waals surface area (Å²) < 4.78 is 11.0. The van der Waals surface area contributed by atoms with Crippen molar-refractivity contribution in [3.63, 3.8) is 0 Å². The van der Waals surface area contributed by atoms with Gasteiger partial charge in [0.25, 0.3) is 0 Å². The Labute approximate surface area is 144 Å². The summed E-state index contributed by atoms with van der Waals surface area (Å²) in [6.07, 6.45) is 0.406. The van der Waals surface area contributed by atoms with E-state index in [1.807, 2.05) is 34.6 Å². The summed E-state index contributed by atoms with van der Waals surface area (Å²) in [5.74, 6) is 0.0284. The highest BCUT2D eigenvalue weighted by atomic mass is 16.6. The van der Waals surface area contributed by atoms with E-state index in [9.17, 15) is 9.59 Å². The molecule has 2 saturated heterocycles. The van der Waals surface area contributed by atoms with Crippen molar-refractivity contribution in [3.8, 4) is 0 Å². The average Bonchev–Trinajstić information content (AvgIpc) is 2.95. The van der Waals surface area contributed by atoms with E-state index in [0.29, 0.717) is 45.8 Å². The molecule has 0 aliphatic carbocycles. The molecule has 24 heavy (non-hydrogen) atoms. The van der Waals surface area contributed by atoms with Gasteiger partial charge in [-0.1, -0.05) is 0 Å². The first-order valence-electron chi connectivity index (χ1n) is 8.76. The number of piperazine rings is 1. The summed E-state index contributed by atoms with van der Waals surface area (Å²) >= 11 is 0. The van der Waals surface area contributed by atoms with Crippen LogP contribution in [0.5, 0.6) is 0 Å². The Morgan fingerprint density at radius 2 is 1.79 bits per heavy atom. The lowest BCUT2D eigenvalue weighted by molar-refractivity contribution is -0.135. The molecule has 7 heteroatoms. The zero-order valence-corrected chi connectivity index (χ0v) is 15.6. The number of carbonyl (C=O) groups is 2. The summed E-state index contributed by atoms with van der Waals surface area (Å²) in [5.41, 5.74) is -1.10. The minimum atomic E-state index is -0.607. The van der Waals surface area contributed by atoms with Crippen LogP contribution in [0.3, 0.4) is 0 Å². The molecule has 0 bridgehead atoms. The lowest BCUT2D eigenvalue weighted by Crippen LogP contribution is -2.65. The molecule has 2 aliphatic rings. The molecule has 0 unspecified atom stereocenters. The highest BCUT2D eigenvalue weighted by Gasteiger charge is 2.48. The van der Waals surface area contributed by atoms with Gasteiger partial charge in [0, 0.05) is 45.2 Å². The molecule has 2 aliphatic heterocycles. The van der Waals surface area contributed by atoms with Crippen LogP contribution in [0, 0.1) is 0 Å². The summed E-state index contributed by atoms with van der Waals surface area (Å²) in [5, 5.41) is 3.02. The number of amides is 2. The van der Waals surface area contributed by atoms with Gasteiger partial charge in [-0.25, -0.2) is 4.79 Å². The van der Waals surface area contributed by atoms with Gasteiger partial charge in [-0.05, 0) is 34.6 Å². The third-order valence-corrected chi connectivity index (χ3v) is 4.38. The molecule has 2 heterocycles. The van der Waals surface area contributed by atoms with Crippen molar-refractivity contribution >= 4 is 12.0 Å². The van der Waals surface area contributed by atoms with Crippen molar-refractivity contribution in [1.29, 1.82) is 0 Å². The molecule has 2 amide bonds. The number of carbonyl (C=O) groups excluding carboxylic acids is 2.